The molecule has 0 aromatic heterocycles. The highest BCUT2D eigenvalue weighted by molar-refractivity contribution is 7.88. The van der Waals surface area contributed by atoms with Gasteiger partial charge in [0.25, 0.3) is 0 Å². The highest BCUT2D eigenvalue weighted by Crippen LogP contribution is 2.24. The predicted octanol–water partition coefficient (Wildman–Crippen LogP) is 1.24. The van der Waals surface area contributed by atoms with E-state index in [0.29, 0.717) is 37.4 Å². The molecule has 2 aromatic rings. The maximum Gasteiger partial charge on any atom is 0.247 e. The fraction of sp³-hybridized carbons (Fsp3) is 0.440. The molecule has 1 N–H and O–H groups in total. The van der Waals surface area contributed by atoms with Crippen LogP contribution in [-0.2, 0) is 30.9 Å². The smallest absolute Gasteiger partial charge is 0.247 e. The fourth-order valence-corrected chi connectivity index (χ4v) is 4.22. The first-order valence-electron chi connectivity index (χ1n) is 11.7. The second-order valence-electron chi connectivity index (χ2n) is 8.73. The summed E-state index contributed by atoms with van der Waals surface area (Å²) < 4.78 is 43.7. The van der Waals surface area contributed by atoms with Crippen molar-refractivity contribution < 1.29 is 27.1 Å². The lowest BCUT2D eigenvalue weighted by Gasteiger charge is -2.33. The first-order chi connectivity index (χ1) is 17.1. The summed E-state index contributed by atoms with van der Waals surface area (Å²) in [5.74, 6) is -1.36. The molecule has 0 saturated carbocycles. The molecule has 1 aliphatic rings. The number of ether oxygens (including phenoxy) is 1. The Morgan fingerprint density at radius 1 is 1.08 bits per heavy atom. The number of sulfonamides is 1. The first-order valence-corrected chi connectivity index (χ1v) is 13.6. The van der Waals surface area contributed by atoms with E-state index in [1.165, 1.54) is 36.2 Å². The Labute approximate surface area is 211 Å². The minimum Gasteiger partial charge on any atom is -0.379 e. The number of benzene rings is 2. The topological polar surface area (TPSA) is 99.3 Å². The molecule has 2 aromatic carbocycles. The van der Waals surface area contributed by atoms with E-state index < -0.39 is 34.3 Å². The standard InChI is InChI=1S/C25H33FN4O5S/c1-28(36(2,33)34)19-23(31)30(18-20-8-10-22(26)11-9-20)24(21-6-4-3-5-7-21)25(32)27-12-13-29-14-16-35-17-15-29/h3-11,24H,12-19H2,1-2H3,(H,27,32)/t24-/m1/s1. The van der Waals surface area contributed by atoms with Crippen LogP contribution in [0.2, 0.25) is 0 Å². The largest absolute Gasteiger partial charge is 0.379 e. The van der Waals surface area contributed by atoms with Gasteiger partial charge in [-0.1, -0.05) is 42.5 Å². The van der Waals surface area contributed by atoms with Crippen LogP contribution in [-0.4, -0.2) is 93.6 Å². The Kier molecular flexibility index (Phi) is 9.94. The van der Waals surface area contributed by atoms with Crippen LogP contribution < -0.4 is 5.32 Å². The number of rotatable bonds is 11. The van der Waals surface area contributed by atoms with Crippen molar-refractivity contribution in [3.63, 3.8) is 0 Å². The third-order valence-electron chi connectivity index (χ3n) is 6.02. The molecule has 1 heterocycles. The summed E-state index contributed by atoms with van der Waals surface area (Å²) in [5, 5.41) is 2.94. The highest BCUT2D eigenvalue weighted by Gasteiger charge is 2.33. The van der Waals surface area contributed by atoms with E-state index in [1.54, 1.807) is 30.3 Å². The van der Waals surface area contributed by atoms with E-state index in [4.69, 9.17) is 4.74 Å². The normalized spacial score (nSPS) is 15.4. The molecule has 196 valence electrons. The van der Waals surface area contributed by atoms with Gasteiger partial charge in [0.05, 0.1) is 26.0 Å². The van der Waals surface area contributed by atoms with Gasteiger partial charge in [0.1, 0.15) is 11.9 Å². The van der Waals surface area contributed by atoms with E-state index in [0.717, 1.165) is 23.7 Å². The van der Waals surface area contributed by atoms with E-state index >= 15 is 0 Å². The zero-order valence-electron chi connectivity index (χ0n) is 20.6. The Morgan fingerprint density at radius 3 is 2.33 bits per heavy atom. The van der Waals surface area contributed by atoms with Crippen LogP contribution in [0.4, 0.5) is 4.39 Å². The number of hydrogen-bond donors (Lipinski definition) is 1. The summed E-state index contributed by atoms with van der Waals surface area (Å²) in [6.07, 6.45) is 1.01. The van der Waals surface area contributed by atoms with Crippen molar-refractivity contribution in [1.82, 2.24) is 19.4 Å². The molecule has 1 fully saturated rings. The summed E-state index contributed by atoms with van der Waals surface area (Å²) in [4.78, 5) is 30.5. The Hall–Kier alpha value is -2.86. The van der Waals surface area contributed by atoms with Gasteiger partial charge in [-0.15, -0.1) is 0 Å². The minimum absolute atomic E-state index is 0.00679. The van der Waals surface area contributed by atoms with Crippen molar-refractivity contribution in [2.75, 3.05) is 59.2 Å². The van der Waals surface area contributed by atoms with Gasteiger partial charge in [-0.05, 0) is 23.3 Å². The second kappa shape index (κ2) is 12.9. The molecule has 36 heavy (non-hydrogen) atoms. The maximum absolute atomic E-state index is 13.5. The number of nitrogens with zero attached hydrogens (tertiary/aromatic N) is 3. The molecule has 2 amide bonds. The van der Waals surface area contributed by atoms with Crippen molar-refractivity contribution in [3.8, 4) is 0 Å². The summed E-state index contributed by atoms with van der Waals surface area (Å²) in [6, 6.07) is 13.5. The molecular formula is C25H33FN4O5S. The Bertz CT molecular complexity index is 1110. The number of carbonyl (C=O) groups excluding carboxylic acids is 2. The van der Waals surface area contributed by atoms with E-state index in [-0.39, 0.29) is 12.5 Å². The predicted molar refractivity (Wildman–Crippen MR) is 134 cm³/mol. The SMILES string of the molecule is CN(CC(=O)N(Cc1ccc(F)cc1)[C@@H](C(=O)NCCN1CCOCC1)c1ccccc1)S(C)(=O)=O. The molecule has 3 rings (SSSR count). The van der Waals surface area contributed by atoms with Gasteiger partial charge >= 0.3 is 0 Å². The number of hydrogen-bond acceptors (Lipinski definition) is 6. The van der Waals surface area contributed by atoms with Gasteiger partial charge in [0.15, 0.2) is 0 Å². The number of nitrogens with one attached hydrogen (secondary N) is 1. The highest BCUT2D eigenvalue weighted by atomic mass is 32.2. The number of morpholine rings is 1. The van der Waals surface area contributed by atoms with Crippen LogP contribution >= 0.6 is 0 Å². The molecule has 0 aliphatic carbocycles. The van der Waals surface area contributed by atoms with E-state index in [1.807, 2.05) is 0 Å². The molecule has 0 bridgehead atoms. The summed E-state index contributed by atoms with van der Waals surface area (Å²) in [7, 11) is -2.32. The molecular weight excluding hydrogens is 487 g/mol. The van der Waals surface area contributed by atoms with Gasteiger partial charge in [-0.3, -0.25) is 14.5 Å². The third kappa shape index (κ3) is 8.09. The van der Waals surface area contributed by atoms with E-state index in [9.17, 15) is 22.4 Å². The van der Waals surface area contributed by atoms with Gasteiger partial charge in [0.2, 0.25) is 21.8 Å². The van der Waals surface area contributed by atoms with Gasteiger partial charge < -0.3 is 15.0 Å². The number of halogens is 1. The zero-order valence-corrected chi connectivity index (χ0v) is 21.4. The minimum atomic E-state index is -3.63. The van der Waals surface area contributed by atoms with Crippen LogP contribution in [0.5, 0.6) is 0 Å². The van der Waals surface area contributed by atoms with Crippen LogP contribution in [0.15, 0.2) is 54.6 Å². The van der Waals surface area contributed by atoms with Crippen molar-refractivity contribution in [2.45, 2.75) is 12.6 Å². The van der Waals surface area contributed by atoms with Crippen molar-refractivity contribution >= 4 is 21.8 Å². The maximum atomic E-state index is 13.5. The molecule has 11 heteroatoms. The molecule has 0 spiro atoms. The number of carbonyl (C=O) groups is 2. The van der Waals surface area contributed by atoms with Crippen molar-refractivity contribution in [1.29, 1.82) is 0 Å². The van der Waals surface area contributed by atoms with Crippen LogP contribution in [0.25, 0.3) is 0 Å². The summed E-state index contributed by atoms with van der Waals surface area (Å²) in [6.45, 7) is 3.43. The lowest BCUT2D eigenvalue weighted by Crippen LogP contribution is -2.48. The van der Waals surface area contributed by atoms with Crippen molar-refractivity contribution in [3.05, 3.63) is 71.5 Å². The molecule has 0 radical (unpaired) electrons. The molecule has 1 atom stereocenters. The van der Waals surface area contributed by atoms with Gasteiger partial charge in [-0.2, -0.15) is 4.31 Å². The first kappa shape index (κ1) is 27.7. The lowest BCUT2D eigenvalue weighted by atomic mass is 10.0. The lowest BCUT2D eigenvalue weighted by molar-refractivity contribution is -0.141. The van der Waals surface area contributed by atoms with Crippen LogP contribution in [0.1, 0.15) is 17.2 Å². The zero-order chi connectivity index (χ0) is 26.1. The monoisotopic (exact) mass is 520 g/mol. The quantitative estimate of drug-likeness (QED) is 0.479. The Balaban J connectivity index is 1.87. The van der Waals surface area contributed by atoms with Gasteiger partial charge in [0, 0.05) is 39.8 Å². The number of amides is 2. The fourth-order valence-electron chi connectivity index (χ4n) is 3.88. The van der Waals surface area contributed by atoms with Crippen molar-refractivity contribution in [2.24, 2.45) is 0 Å². The molecule has 9 nitrogen and oxygen atoms in total. The molecule has 1 aliphatic heterocycles. The number of likely N-dealkylation sites (N-methyl/N-ethyl adjacent to an activating group) is 1. The molecule has 0 unspecified atom stereocenters. The van der Waals surface area contributed by atoms with E-state index in [2.05, 4.69) is 10.2 Å². The molecule has 1 saturated heterocycles. The summed E-state index contributed by atoms with van der Waals surface area (Å²) in [5.41, 5.74) is 1.19. The Morgan fingerprint density at radius 2 is 1.72 bits per heavy atom. The second-order valence-corrected chi connectivity index (χ2v) is 10.8. The average molecular weight is 521 g/mol. The summed E-state index contributed by atoms with van der Waals surface area (Å²) >= 11 is 0. The van der Waals surface area contributed by atoms with Crippen LogP contribution in [0, 0.1) is 5.82 Å². The van der Waals surface area contributed by atoms with Crippen LogP contribution in [0.3, 0.4) is 0 Å². The third-order valence-corrected chi connectivity index (χ3v) is 7.28. The van der Waals surface area contributed by atoms with Gasteiger partial charge in [-0.25, -0.2) is 12.8 Å². The average Bonchev–Trinajstić information content (AvgIpc) is 2.85.